The lowest BCUT2D eigenvalue weighted by Crippen LogP contribution is -2.22. The molecule has 0 saturated carbocycles. The molecule has 1 N–H and O–H groups in total. The zero-order valence-electron chi connectivity index (χ0n) is 13.3. The summed E-state index contributed by atoms with van der Waals surface area (Å²) in [5.74, 6) is -1.86. The van der Waals surface area contributed by atoms with Crippen LogP contribution in [0.4, 0.5) is 14.5 Å². The van der Waals surface area contributed by atoms with E-state index in [-0.39, 0.29) is 23.0 Å². The van der Waals surface area contributed by atoms with Gasteiger partial charge in [0.15, 0.2) is 17.4 Å². The fourth-order valence-corrected chi connectivity index (χ4v) is 2.85. The van der Waals surface area contributed by atoms with Crippen LogP contribution in [0, 0.1) is 11.6 Å². The number of anilines is 1. The molecule has 6 heteroatoms. The summed E-state index contributed by atoms with van der Waals surface area (Å²) in [7, 11) is 0. The van der Waals surface area contributed by atoms with Crippen LogP contribution in [0.25, 0.3) is 0 Å². The number of Topliss-reactive ketones (excluding diaryl/α,β-unsaturated/α-hetero) is 1. The van der Waals surface area contributed by atoms with Gasteiger partial charge in [0.25, 0.3) is 0 Å². The Hall–Kier alpha value is -2.21. The van der Waals surface area contributed by atoms with E-state index in [2.05, 4.69) is 5.32 Å². The van der Waals surface area contributed by atoms with Gasteiger partial charge in [0.1, 0.15) is 0 Å². The Balaban J connectivity index is 1.92. The van der Waals surface area contributed by atoms with Crippen molar-refractivity contribution in [2.75, 3.05) is 5.32 Å². The highest BCUT2D eigenvalue weighted by molar-refractivity contribution is 7.99. The second-order valence-corrected chi connectivity index (χ2v) is 6.62. The molecule has 0 fully saturated rings. The molecule has 2 aromatic carbocycles. The molecule has 2 rings (SSSR count). The SMILES string of the molecule is CC(=O)c1ccc(NC(=O)C(C)SCc2cccc(F)c2F)cc1. The number of amides is 1. The largest absolute Gasteiger partial charge is 0.325 e. The molecule has 0 aliphatic carbocycles. The number of halogens is 2. The van der Waals surface area contributed by atoms with E-state index >= 15 is 0 Å². The Bertz CT molecular complexity index is 747. The van der Waals surface area contributed by atoms with Crippen molar-refractivity contribution in [1.82, 2.24) is 0 Å². The van der Waals surface area contributed by atoms with Gasteiger partial charge in [0.2, 0.25) is 5.91 Å². The molecule has 3 nitrogen and oxygen atoms in total. The van der Waals surface area contributed by atoms with Crippen LogP contribution in [0.1, 0.15) is 29.8 Å². The van der Waals surface area contributed by atoms with E-state index in [1.54, 1.807) is 31.2 Å². The topological polar surface area (TPSA) is 46.2 Å². The maximum atomic E-state index is 13.6. The average Bonchev–Trinajstić information content (AvgIpc) is 2.56. The lowest BCUT2D eigenvalue weighted by Gasteiger charge is -2.12. The van der Waals surface area contributed by atoms with Crippen molar-refractivity contribution in [2.24, 2.45) is 0 Å². The highest BCUT2D eigenvalue weighted by Gasteiger charge is 2.16. The van der Waals surface area contributed by atoms with Crippen molar-refractivity contribution in [3.05, 3.63) is 65.2 Å². The van der Waals surface area contributed by atoms with Crippen LogP contribution < -0.4 is 5.32 Å². The van der Waals surface area contributed by atoms with Crippen molar-refractivity contribution in [2.45, 2.75) is 24.9 Å². The molecule has 0 aliphatic heterocycles. The lowest BCUT2D eigenvalue weighted by atomic mass is 10.1. The van der Waals surface area contributed by atoms with E-state index in [9.17, 15) is 18.4 Å². The minimum Gasteiger partial charge on any atom is -0.325 e. The normalized spacial score (nSPS) is 11.8. The van der Waals surface area contributed by atoms with Crippen LogP contribution in [-0.4, -0.2) is 16.9 Å². The van der Waals surface area contributed by atoms with Crippen molar-refractivity contribution < 1.29 is 18.4 Å². The van der Waals surface area contributed by atoms with Gasteiger partial charge < -0.3 is 5.32 Å². The quantitative estimate of drug-likeness (QED) is 0.785. The summed E-state index contributed by atoms with van der Waals surface area (Å²) in [5.41, 5.74) is 1.37. The minimum atomic E-state index is -0.893. The molecule has 0 radical (unpaired) electrons. The Morgan fingerprint density at radius 2 is 1.79 bits per heavy atom. The van der Waals surface area contributed by atoms with Gasteiger partial charge in [-0.1, -0.05) is 12.1 Å². The van der Waals surface area contributed by atoms with E-state index in [0.29, 0.717) is 11.3 Å². The first-order valence-electron chi connectivity index (χ1n) is 7.35. The molecule has 0 bridgehead atoms. The Kier molecular flexibility index (Phi) is 6.09. The molecule has 2 aromatic rings. The number of nitrogens with one attached hydrogen (secondary N) is 1. The molecule has 0 saturated heterocycles. The second kappa shape index (κ2) is 8.06. The smallest absolute Gasteiger partial charge is 0.237 e. The molecule has 126 valence electrons. The van der Waals surface area contributed by atoms with Gasteiger partial charge in [0.05, 0.1) is 5.25 Å². The molecular formula is C18H17F2NO2S. The predicted octanol–water partition coefficient (Wildman–Crippen LogP) is 4.43. The Labute approximate surface area is 143 Å². The number of rotatable bonds is 6. The number of carbonyl (C=O) groups excluding carboxylic acids is 2. The Morgan fingerprint density at radius 1 is 1.12 bits per heavy atom. The van der Waals surface area contributed by atoms with Crippen molar-refractivity contribution in [3.8, 4) is 0 Å². The Morgan fingerprint density at radius 3 is 2.42 bits per heavy atom. The number of hydrogen-bond donors (Lipinski definition) is 1. The zero-order valence-corrected chi connectivity index (χ0v) is 14.1. The second-order valence-electron chi connectivity index (χ2n) is 5.29. The van der Waals surface area contributed by atoms with E-state index < -0.39 is 16.9 Å². The zero-order chi connectivity index (χ0) is 17.7. The molecule has 1 amide bonds. The maximum absolute atomic E-state index is 13.6. The summed E-state index contributed by atoms with van der Waals surface area (Å²) >= 11 is 1.21. The molecule has 1 atom stereocenters. The summed E-state index contributed by atoms with van der Waals surface area (Å²) < 4.78 is 26.7. The van der Waals surface area contributed by atoms with Gasteiger partial charge >= 0.3 is 0 Å². The van der Waals surface area contributed by atoms with Gasteiger partial charge in [-0.3, -0.25) is 9.59 Å². The first kappa shape index (κ1) is 18.1. The van der Waals surface area contributed by atoms with Gasteiger partial charge in [-0.2, -0.15) is 0 Å². The van der Waals surface area contributed by atoms with Crippen LogP contribution in [0.15, 0.2) is 42.5 Å². The lowest BCUT2D eigenvalue weighted by molar-refractivity contribution is -0.115. The molecule has 0 aliphatic rings. The number of carbonyl (C=O) groups is 2. The number of ketones is 1. The molecule has 0 aromatic heterocycles. The van der Waals surface area contributed by atoms with Gasteiger partial charge in [-0.25, -0.2) is 8.78 Å². The fraction of sp³-hybridized carbons (Fsp3) is 0.222. The van der Waals surface area contributed by atoms with Gasteiger partial charge in [-0.05, 0) is 44.2 Å². The summed E-state index contributed by atoms with van der Waals surface area (Å²) in [4.78, 5) is 23.3. The third-order valence-electron chi connectivity index (χ3n) is 3.45. The van der Waals surface area contributed by atoms with Crippen LogP contribution in [0.2, 0.25) is 0 Å². The highest BCUT2D eigenvalue weighted by Crippen LogP contribution is 2.22. The molecule has 1 unspecified atom stereocenters. The van der Waals surface area contributed by atoms with Crippen molar-refractivity contribution in [3.63, 3.8) is 0 Å². The summed E-state index contributed by atoms with van der Waals surface area (Å²) in [6.45, 7) is 3.17. The minimum absolute atomic E-state index is 0.0473. The molecule has 0 heterocycles. The van der Waals surface area contributed by atoms with Crippen LogP contribution in [0.3, 0.4) is 0 Å². The fourth-order valence-electron chi connectivity index (χ4n) is 1.98. The predicted molar refractivity (Wildman–Crippen MR) is 92.2 cm³/mol. The first-order chi connectivity index (χ1) is 11.4. The number of benzene rings is 2. The molecular weight excluding hydrogens is 332 g/mol. The summed E-state index contributed by atoms with van der Waals surface area (Å²) in [5, 5.41) is 2.29. The summed E-state index contributed by atoms with van der Waals surface area (Å²) in [6.07, 6.45) is 0. The van der Waals surface area contributed by atoms with E-state index in [1.165, 1.54) is 30.8 Å². The third kappa shape index (κ3) is 4.64. The first-order valence-corrected chi connectivity index (χ1v) is 8.39. The molecule has 24 heavy (non-hydrogen) atoms. The van der Waals surface area contributed by atoms with E-state index in [4.69, 9.17) is 0 Å². The highest BCUT2D eigenvalue weighted by atomic mass is 32.2. The van der Waals surface area contributed by atoms with Crippen LogP contribution in [-0.2, 0) is 10.5 Å². The van der Waals surface area contributed by atoms with E-state index in [1.807, 2.05) is 0 Å². The van der Waals surface area contributed by atoms with Crippen molar-refractivity contribution in [1.29, 1.82) is 0 Å². The standard InChI is InChI=1S/C18H17F2NO2S/c1-11(22)13-6-8-15(9-7-13)21-18(23)12(2)24-10-14-4-3-5-16(19)17(14)20/h3-9,12H,10H2,1-2H3,(H,21,23). The maximum Gasteiger partial charge on any atom is 0.237 e. The summed E-state index contributed by atoms with van der Waals surface area (Å²) in [6, 6.07) is 10.6. The van der Waals surface area contributed by atoms with Crippen molar-refractivity contribution >= 4 is 29.1 Å². The third-order valence-corrected chi connectivity index (χ3v) is 4.64. The van der Waals surface area contributed by atoms with E-state index in [0.717, 1.165) is 6.07 Å². The van der Waals surface area contributed by atoms with Gasteiger partial charge in [0, 0.05) is 22.6 Å². The van der Waals surface area contributed by atoms with Crippen LogP contribution >= 0.6 is 11.8 Å². The monoisotopic (exact) mass is 349 g/mol. The van der Waals surface area contributed by atoms with Crippen LogP contribution in [0.5, 0.6) is 0 Å². The molecule has 0 spiro atoms. The number of thioether (sulfide) groups is 1. The number of hydrogen-bond acceptors (Lipinski definition) is 3. The average molecular weight is 349 g/mol. The van der Waals surface area contributed by atoms with Gasteiger partial charge in [-0.15, -0.1) is 11.8 Å².